The molecule has 0 spiro atoms. The first kappa shape index (κ1) is 13.9. The molecule has 0 aliphatic carbocycles. The number of aliphatic carboxylic acids is 1. The molecule has 1 amide bonds. The van der Waals surface area contributed by atoms with Crippen molar-refractivity contribution in [3.63, 3.8) is 0 Å². The van der Waals surface area contributed by atoms with Crippen molar-refractivity contribution in [1.29, 1.82) is 0 Å². The van der Waals surface area contributed by atoms with Crippen LogP contribution in [0.4, 0.5) is 0 Å². The van der Waals surface area contributed by atoms with Crippen LogP contribution in [-0.2, 0) is 19.1 Å². The molecule has 6 heteroatoms. The molecule has 0 aromatic carbocycles. The first-order valence-corrected chi connectivity index (χ1v) is 5.64. The zero-order valence-corrected chi connectivity index (χ0v) is 10.2. The maximum atomic E-state index is 11.8. The lowest BCUT2D eigenvalue weighted by molar-refractivity contribution is -0.148. The van der Waals surface area contributed by atoms with E-state index in [1.54, 1.807) is 7.11 Å². The molecule has 1 aliphatic heterocycles. The molecule has 0 aromatic heterocycles. The van der Waals surface area contributed by atoms with Gasteiger partial charge in [-0.15, -0.1) is 0 Å². The van der Waals surface area contributed by atoms with Gasteiger partial charge >= 0.3 is 5.97 Å². The number of carboxylic acids is 1. The maximum absolute atomic E-state index is 11.8. The Morgan fingerprint density at radius 3 is 2.65 bits per heavy atom. The van der Waals surface area contributed by atoms with Crippen LogP contribution >= 0.6 is 0 Å². The van der Waals surface area contributed by atoms with Crippen LogP contribution in [-0.4, -0.2) is 61.4 Å². The summed E-state index contributed by atoms with van der Waals surface area (Å²) in [6.07, 6.45) is 1.11. The number of rotatable bonds is 6. The van der Waals surface area contributed by atoms with E-state index in [9.17, 15) is 9.59 Å². The fraction of sp³-hybridized carbons (Fsp3) is 0.818. The Morgan fingerprint density at radius 2 is 2.12 bits per heavy atom. The number of hydrogen-bond donors (Lipinski definition) is 1. The van der Waals surface area contributed by atoms with Gasteiger partial charge in [0.05, 0.1) is 6.10 Å². The number of carbonyl (C=O) groups is 2. The summed E-state index contributed by atoms with van der Waals surface area (Å²) in [5, 5.41) is 9.04. The lowest BCUT2D eigenvalue weighted by Crippen LogP contribution is -2.40. The summed E-state index contributed by atoms with van der Waals surface area (Å²) in [5.74, 6) is -1.11. The number of amides is 1. The van der Waals surface area contributed by atoms with E-state index < -0.39 is 12.0 Å². The number of hydrogen-bond acceptors (Lipinski definition) is 4. The number of carboxylic acid groups (broad SMARTS) is 1. The van der Waals surface area contributed by atoms with Gasteiger partial charge in [0.1, 0.15) is 6.04 Å². The smallest absolute Gasteiger partial charge is 0.326 e. The maximum Gasteiger partial charge on any atom is 0.326 e. The molecule has 2 unspecified atom stereocenters. The summed E-state index contributed by atoms with van der Waals surface area (Å²) < 4.78 is 9.98. The van der Waals surface area contributed by atoms with Gasteiger partial charge in [-0.25, -0.2) is 4.79 Å². The molecule has 1 saturated heterocycles. The number of likely N-dealkylation sites (tertiary alicyclic amines) is 1. The highest BCUT2D eigenvalue weighted by atomic mass is 16.5. The molecule has 1 N–H and O–H groups in total. The van der Waals surface area contributed by atoms with Gasteiger partial charge in [0.2, 0.25) is 5.91 Å². The zero-order chi connectivity index (χ0) is 12.8. The molecule has 1 aliphatic rings. The Morgan fingerprint density at radius 1 is 1.41 bits per heavy atom. The van der Waals surface area contributed by atoms with Crippen LogP contribution in [0.25, 0.3) is 0 Å². The normalized spacial score (nSPS) is 24.0. The Hall–Kier alpha value is -1.14. The summed E-state index contributed by atoms with van der Waals surface area (Å²) in [6, 6.07) is -0.755. The highest BCUT2D eigenvalue weighted by Gasteiger charge is 2.39. The molecule has 6 nitrogen and oxygen atoms in total. The van der Waals surface area contributed by atoms with E-state index in [-0.39, 0.29) is 12.0 Å². The van der Waals surface area contributed by atoms with Crippen LogP contribution in [0.15, 0.2) is 0 Å². The third-order valence-electron chi connectivity index (χ3n) is 2.94. The molecule has 17 heavy (non-hydrogen) atoms. The van der Waals surface area contributed by atoms with Crippen LogP contribution in [0.1, 0.15) is 19.3 Å². The second kappa shape index (κ2) is 6.56. The van der Waals surface area contributed by atoms with Gasteiger partial charge in [-0.3, -0.25) is 4.79 Å². The largest absolute Gasteiger partial charge is 0.480 e. The molecule has 2 atom stereocenters. The molecule has 1 heterocycles. The van der Waals surface area contributed by atoms with Crippen LogP contribution in [0.3, 0.4) is 0 Å². The minimum atomic E-state index is -0.968. The minimum Gasteiger partial charge on any atom is -0.480 e. The SMILES string of the molecule is COCCCC(=O)N1CC(OC)CC1C(=O)O. The molecular weight excluding hydrogens is 226 g/mol. The van der Waals surface area contributed by atoms with Crippen LogP contribution in [0.5, 0.6) is 0 Å². The van der Waals surface area contributed by atoms with E-state index in [4.69, 9.17) is 14.6 Å². The molecule has 98 valence electrons. The van der Waals surface area contributed by atoms with Crippen molar-refractivity contribution in [2.24, 2.45) is 0 Å². The van der Waals surface area contributed by atoms with E-state index in [0.717, 1.165) is 0 Å². The number of carbonyl (C=O) groups excluding carboxylic acids is 1. The molecule has 0 aromatic rings. The summed E-state index contributed by atoms with van der Waals surface area (Å²) in [6.45, 7) is 0.865. The second-order valence-electron chi connectivity index (χ2n) is 4.09. The summed E-state index contributed by atoms with van der Waals surface area (Å²) in [5.41, 5.74) is 0. The molecular formula is C11H19NO5. The monoisotopic (exact) mass is 245 g/mol. The van der Waals surface area contributed by atoms with Crippen LogP contribution < -0.4 is 0 Å². The lowest BCUT2D eigenvalue weighted by Gasteiger charge is -2.21. The van der Waals surface area contributed by atoms with Gasteiger partial charge < -0.3 is 19.5 Å². The van der Waals surface area contributed by atoms with Gasteiger partial charge in [0, 0.05) is 40.2 Å². The van der Waals surface area contributed by atoms with Crippen molar-refractivity contribution in [1.82, 2.24) is 4.90 Å². The first-order valence-electron chi connectivity index (χ1n) is 5.64. The summed E-state index contributed by atoms with van der Waals surface area (Å²) in [7, 11) is 3.10. The topological polar surface area (TPSA) is 76.1 Å². The zero-order valence-electron chi connectivity index (χ0n) is 10.2. The predicted octanol–water partition coefficient (Wildman–Crippen LogP) is 0.114. The highest BCUT2D eigenvalue weighted by Crippen LogP contribution is 2.21. The van der Waals surface area contributed by atoms with Crippen molar-refractivity contribution in [3.05, 3.63) is 0 Å². The van der Waals surface area contributed by atoms with E-state index in [1.165, 1.54) is 12.0 Å². The molecule has 1 fully saturated rings. The Kier molecular flexibility index (Phi) is 5.37. The quantitative estimate of drug-likeness (QED) is 0.672. The predicted molar refractivity (Wildman–Crippen MR) is 59.7 cm³/mol. The van der Waals surface area contributed by atoms with Crippen molar-refractivity contribution >= 4 is 11.9 Å². The third kappa shape index (κ3) is 3.67. The average Bonchev–Trinajstić information content (AvgIpc) is 2.73. The van der Waals surface area contributed by atoms with Gasteiger partial charge in [-0.05, 0) is 6.42 Å². The van der Waals surface area contributed by atoms with E-state index in [2.05, 4.69) is 0 Å². The minimum absolute atomic E-state index is 0.144. The van der Waals surface area contributed by atoms with E-state index >= 15 is 0 Å². The van der Waals surface area contributed by atoms with Crippen LogP contribution in [0.2, 0.25) is 0 Å². The third-order valence-corrected chi connectivity index (χ3v) is 2.94. The molecule has 0 radical (unpaired) electrons. The molecule has 0 bridgehead atoms. The second-order valence-corrected chi connectivity index (χ2v) is 4.09. The standard InChI is InChI=1S/C11H19NO5/c1-16-5-3-4-10(13)12-7-8(17-2)6-9(12)11(14)15/h8-9H,3-7H2,1-2H3,(H,14,15). The Bertz CT molecular complexity index is 281. The lowest BCUT2D eigenvalue weighted by atomic mass is 10.2. The molecule has 0 saturated carbocycles. The van der Waals surface area contributed by atoms with Crippen molar-refractivity contribution in [2.75, 3.05) is 27.4 Å². The fourth-order valence-electron chi connectivity index (χ4n) is 1.99. The fourth-order valence-corrected chi connectivity index (χ4v) is 1.99. The summed E-state index contributed by atoms with van der Waals surface area (Å²) >= 11 is 0. The average molecular weight is 245 g/mol. The number of nitrogens with zero attached hydrogens (tertiary/aromatic N) is 1. The van der Waals surface area contributed by atoms with E-state index in [1.807, 2.05) is 0 Å². The molecule has 1 rings (SSSR count). The van der Waals surface area contributed by atoms with Crippen molar-refractivity contribution < 1.29 is 24.2 Å². The Balaban J connectivity index is 2.54. The number of ether oxygens (including phenoxy) is 2. The van der Waals surface area contributed by atoms with Crippen molar-refractivity contribution in [3.8, 4) is 0 Å². The van der Waals surface area contributed by atoms with Gasteiger partial charge in [-0.1, -0.05) is 0 Å². The number of methoxy groups -OCH3 is 2. The Labute approximate surface area is 100 Å². The first-order chi connectivity index (χ1) is 8.10. The van der Waals surface area contributed by atoms with Gasteiger partial charge in [0.15, 0.2) is 0 Å². The van der Waals surface area contributed by atoms with Crippen LogP contribution in [0, 0.1) is 0 Å². The summed E-state index contributed by atoms with van der Waals surface area (Å²) in [4.78, 5) is 24.3. The van der Waals surface area contributed by atoms with Gasteiger partial charge in [0.25, 0.3) is 0 Å². The highest BCUT2D eigenvalue weighted by molar-refractivity contribution is 5.84. The van der Waals surface area contributed by atoms with Crippen molar-refractivity contribution in [2.45, 2.75) is 31.4 Å². The van der Waals surface area contributed by atoms with E-state index in [0.29, 0.717) is 32.4 Å². The van der Waals surface area contributed by atoms with Gasteiger partial charge in [-0.2, -0.15) is 0 Å².